The number of sulfonamides is 1. The lowest BCUT2D eigenvalue weighted by Gasteiger charge is -2.33. The minimum atomic E-state index is -3.96. The van der Waals surface area contributed by atoms with E-state index in [0.717, 1.165) is 18.4 Å². The number of likely N-dealkylation sites (tertiary alicyclic amines) is 1. The number of amides is 1. The van der Waals surface area contributed by atoms with Crippen molar-refractivity contribution in [1.29, 1.82) is 0 Å². The summed E-state index contributed by atoms with van der Waals surface area (Å²) in [6.07, 6.45) is 2.62. The third kappa shape index (κ3) is 5.76. The first-order chi connectivity index (χ1) is 14.3. The molecular formula is C22H26Cl2N2O3S. The Balaban J connectivity index is 1.82. The monoisotopic (exact) mass is 468 g/mol. The Morgan fingerprint density at radius 2 is 1.67 bits per heavy atom. The predicted molar refractivity (Wildman–Crippen MR) is 120 cm³/mol. The first kappa shape index (κ1) is 23.1. The van der Waals surface area contributed by atoms with E-state index < -0.39 is 16.1 Å². The Bertz CT molecular complexity index is 989. The Morgan fingerprint density at radius 3 is 2.30 bits per heavy atom. The number of rotatable bonds is 7. The van der Waals surface area contributed by atoms with Gasteiger partial charge >= 0.3 is 0 Å². The largest absolute Gasteiger partial charge is 0.341 e. The molecule has 1 aliphatic rings. The maximum Gasteiger partial charge on any atom is 0.242 e. The van der Waals surface area contributed by atoms with Crippen LogP contribution in [0.25, 0.3) is 0 Å². The van der Waals surface area contributed by atoms with Crippen molar-refractivity contribution in [2.24, 2.45) is 5.92 Å². The Morgan fingerprint density at radius 1 is 1.07 bits per heavy atom. The van der Waals surface area contributed by atoms with E-state index in [1.54, 1.807) is 23.1 Å². The van der Waals surface area contributed by atoms with Gasteiger partial charge in [-0.3, -0.25) is 4.79 Å². The molecule has 1 amide bonds. The third-order valence-electron chi connectivity index (χ3n) is 5.48. The summed E-state index contributed by atoms with van der Waals surface area (Å²) < 4.78 is 28.6. The molecule has 1 unspecified atom stereocenters. The van der Waals surface area contributed by atoms with Gasteiger partial charge in [-0.05, 0) is 55.4 Å². The third-order valence-corrected chi connectivity index (χ3v) is 7.82. The van der Waals surface area contributed by atoms with Crippen LogP contribution in [0.5, 0.6) is 0 Å². The van der Waals surface area contributed by atoms with Gasteiger partial charge in [-0.2, -0.15) is 4.72 Å². The first-order valence-corrected chi connectivity index (χ1v) is 12.3. The average molecular weight is 469 g/mol. The second-order valence-electron chi connectivity index (χ2n) is 7.74. The summed E-state index contributed by atoms with van der Waals surface area (Å²) >= 11 is 12.3. The molecule has 1 fully saturated rings. The van der Waals surface area contributed by atoms with Crippen LogP contribution in [-0.2, 0) is 21.2 Å². The molecule has 0 bridgehead atoms. The number of nitrogens with one attached hydrogen (secondary N) is 1. The lowest BCUT2D eigenvalue weighted by atomic mass is 9.98. The number of carbonyl (C=O) groups excluding carboxylic acids is 1. The van der Waals surface area contributed by atoms with E-state index in [1.807, 2.05) is 18.2 Å². The van der Waals surface area contributed by atoms with Crippen molar-refractivity contribution in [3.05, 3.63) is 64.1 Å². The molecule has 1 heterocycles. The number of piperidine rings is 1. The predicted octanol–water partition coefficient (Wildman–Crippen LogP) is 4.53. The van der Waals surface area contributed by atoms with Gasteiger partial charge in [0.15, 0.2) is 0 Å². The number of hydrogen-bond donors (Lipinski definition) is 1. The van der Waals surface area contributed by atoms with Gasteiger partial charge in [0, 0.05) is 18.1 Å². The molecule has 1 N–H and O–H groups in total. The van der Waals surface area contributed by atoms with Crippen LogP contribution < -0.4 is 4.72 Å². The molecule has 0 aromatic heterocycles. The molecular weight excluding hydrogens is 443 g/mol. The molecule has 2 aromatic carbocycles. The fraction of sp³-hybridized carbons (Fsp3) is 0.409. The van der Waals surface area contributed by atoms with Gasteiger partial charge in [0.2, 0.25) is 15.9 Å². The van der Waals surface area contributed by atoms with Gasteiger partial charge in [-0.25, -0.2) is 8.42 Å². The first-order valence-electron chi connectivity index (χ1n) is 10.1. The van der Waals surface area contributed by atoms with Gasteiger partial charge in [0.05, 0.1) is 5.02 Å². The zero-order valence-corrected chi connectivity index (χ0v) is 19.2. The van der Waals surface area contributed by atoms with Crippen LogP contribution in [0.15, 0.2) is 53.4 Å². The maximum atomic E-state index is 13.2. The summed E-state index contributed by atoms with van der Waals surface area (Å²) in [5, 5.41) is 0.721. The lowest BCUT2D eigenvalue weighted by molar-refractivity contribution is -0.134. The molecule has 5 nitrogen and oxygen atoms in total. The van der Waals surface area contributed by atoms with Gasteiger partial charge in [-0.1, -0.05) is 60.5 Å². The highest BCUT2D eigenvalue weighted by atomic mass is 35.5. The minimum Gasteiger partial charge on any atom is -0.341 e. The van der Waals surface area contributed by atoms with Crippen LogP contribution in [0, 0.1) is 5.92 Å². The molecule has 1 aliphatic heterocycles. The smallest absolute Gasteiger partial charge is 0.242 e. The summed E-state index contributed by atoms with van der Waals surface area (Å²) in [7, 11) is -3.96. The number of benzene rings is 2. The SMILES string of the molecule is CC1CCN(C(=O)C(CCc2ccccc2Cl)NS(=O)(=O)c2ccccc2Cl)CC1. The molecule has 8 heteroatoms. The molecule has 2 aromatic rings. The Kier molecular flexibility index (Phi) is 7.80. The average Bonchev–Trinajstić information content (AvgIpc) is 2.72. The standard InChI is InChI=1S/C22H26Cl2N2O3S/c1-16-12-14-26(15-13-16)22(27)20(11-10-17-6-2-3-7-18(17)23)25-30(28,29)21-9-5-4-8-19(21)24/h2-9,16,20,25H,10-15H2,1H3. The molecule has 162 valence electrons. The fourth-order valence-corrected chi connectivity index (χ4v) is 5.57. The quantitative estimate of drug-likeness (QED) is 0.648. The van der Waals surface area contributed by atoms with Gasteiger partial charge in [0.25, 0.3) is 0 Å². The topological polar surface area (TPSA) is 66.5 Å². The minimum absolute atomic E-state index is 0.0329. The van der Waals surface area contributed by atoms with E-state index in [4.69, 9.17) is 23.2 Å². The number of halogens is 2. The van der Waals surface area contributed by atoms with Crippen LogP contribution in [0.1, 0.15) is 31.7 Å². The zero-order valence-electron chi connectivity index (χ0n) is 16.9. The lowest BCUT2D eigenvalue weighted by Crippen LogP contribution is -2.50. The van der Waals surface area contributed by atoms with Crippen LogP contribution >= 0.6 is 23.2 Å². The van der Waals surface area contributed by atoms with Gasteiger partial charge in [-0.15, -0.1) is 0 Å². The van der Waals surface area contributed by atoms with Crippen molar-refractivity contribution in [2.45, 2.75) is 43.5 Å². The van der Waals surface area contributed by atoms with Crippen LogP contribution in [0.2, 0.25) is 10.0 Å². The highest BCUT2D eigenvalue weighted by Crippen LogP contribution is 2.23. The number of hydrogen-bond acceptors (Lipinski definition) is 3. The molecule has 0 radical (unpaired) electrons. The molecule has 30 heavy (non-hydrogen) atoms. The maximum absolute atomic E-state index is 13.2. The molecule has 0 aliphatic carbocycles. The van der Waals surface area contributed by atoms with Crippen LogP contribution in [0.3, 0.4) is 0 Å². The van der Waals surface area contributed by atoms with E-state index in [0.29, 0.717) is 36.9 Å². The summed E-state index contributed by atoms with van der Waals surface area (Å²) in [5.74, 6) is 0.361. The van der Waals surface area contributed by atoms with E-state index in [2.05, 4.69) is 11.6 Å². The van der Waals surface area contributed by atoms with Crippen molar-refractivity contribution in [1.82, 2.24) is 9.62 Å². The second kappa shape index (κ2) is 10.1. The van der Waals surface area contributed by atoms with E-state index >= 15 is 0 Å². The normalized spacial score (nSPS) is 16.4. The van der Waals surface area contributed by atoms with E-state index in [1.165, 1.54) is 12.1 Å². The van der Waals surface area contributed by atoms with Crippen molar-refractivity contribution in [3.63, 3.8) is 0 Å². The summed E-state index contributed by atoms with van der Waals surface area (Å²) in [5.41, 5.74) is 0.876. The van der Waals surface area contributed by atoms with Gasteiger partial charge < -0.3 is 4.90 Å². The summed E-state index contributed by atoms with van der Waals surface area (Å²) in [6, 6.07) is 12.7. The number of nitrogens with zero attached hydrogens (tertiary/aromatic N) is 1. The molecule has 3 rings (SSSR count). The van der Waals surface area contributed by atoms with E-state index in [9.17, 15) is 13.2 Å². The van der Waals surface area contributed by atoms with Crippen molar-refractivity contribution in [2.75, 3.05) is 13.1 Å². The molecule has 1 atom stereocenters. The molecule has 0 saturated carbocycles. The highest BCUT2D eigenvalue weighted by Gasteiger charge is 2.31. The number of carbonyl (C=O) groups is 1. The summed E-state index contributed by atoms with van der Waals surface area (Å²) in [4.78, 5) is 15.0. The van der Waals surface area contributed by atoms with Crippen LogP contribution in [0.4, 0.5) is 0 Å². The molecule has 1 saturated heterocycles. The molecule has 0 spiro atoms. The Hall–Kier alpha value is -1.60. The van der Waals surface area contributed by atoms with E-state index in [-0.39, 0.29) is 15.8 Å². The summed E-state index contributed by atoms with van der Waals surface area (Å²) in [6.45, 7) is 3.43. The van der Waals surface area contributed by atoms with Gasteiger partial charge in [0.1, 0.15) is 10.9 Å². The number of aryl methyl sites for hydroxylation is 1. The van der Waals surface area contributed by atoms with Crippen molar-refractivity contribution >= 4 is 39.1 Å². The van der Waals surface area contributed by atoms with Crippen molar-refractivity contribution < 1.29 is 13.2 Å². The Labute approximate surface area is 188 Å². The second-order valence-corrected chi connectivity index (χ2v) is 10.2. The van der Waals surface area contributed by atoms with Crippen molar-refractivity contribution in [3.8, 4) is 0 Å². The van der Waals surface area contributed by atoms with Crippen LogP contribution in [-0.4, -0.2) is 38.4 Å². The fourth-order valence-electron chi connectivity index (χ4n) is 3.60. The highest BCUT2D eigenvalue weighted by molar-refractivity contribution is 7.89. The zero-order chi connectivity index (χ0) is 21.7.